The van der Waals surface area contributed by atoms with Crippen LogP contribution in [0.15, 0.2) is 36.5 Å². The van der Waals surface area contributed by atoms with Crippen LogP contribution in [-0.2, 0) is 27.4 Å². The van der Waals surface area contributed by atoms with E-state index in [1.807, 2.05) is 24.4 Å². The first kappa shape index (κ1) is 16.3. The third-order valence-electron chi connectivity index (χ3n) is 4.94. The third-order valence-corrected chi connectivity index (χ3v) is 4.94. The Bertz CT molecular complexity index is 723. The molecule has 25 heavy (non-hydrogen) atoms. The molecule has 1 aromatic carbocycles. The van der Waals surface area contributed by atoms with E-state index in [9.17, 15) is 4.79 Å². The smallest absolute Gasteiger partial charge is 0.223 e. The Kier molecular flexibility index (Phi) is 4.81. The number of ether oxygens (including phenoxy) is 2. The molecule has 4 rings (SSSR count). The zero-order valence-electron chi connectivity index (χ0n) is 14.2. The molecule has 0 bridgehead atoms. The Morgan fingerprint density at radius 2 is 2.04 bits per heavy atom. The molecule has 0 unspecified atom stereocenters. The van der Waals surface area contributed by atoms with Crippen molar-refractivity contribution in [3.63, 3.8) is 0 Å². The molecule has 132 valence electrons. The molecule has 1 atom stereocenters. The summed E-state index contributed by atoms with van der Waals surface area (Å²) < 4.78 is 13.4. The lowest BCUT2D eigenvalue weighted by Gasteiger charge is -2.27. The maximum absolute atomic E-state index is 12.3. The first-order chi connectivity index (χ1) is 12.3. The number of hydrogen-bond donors (Lipinski definition) is 1. The summed E-state index contributed by atoms with van der Waals surface area (Å²) in [6.07, 6.45) is 3.48. The molecule has 3 heterocycles. The first-order valence-corrected chi connectivity index (χ1v) is 8.88. The lowest BCUT2D eigenvalue weighted by atomic mass is 9.99. The standard InChI is InChI=1S/C19H23N3O3/c23-19(15-6-8-24-9-7-15)21-10-16-12-22-17(11-20-18(22)13-25-16)14-4-2-1-3-5-14/h1-5,11,15-16H,6-10,12-13H2,(H,21,23)/t16-/m0/s1. The second-order valence-electron chi connectivity index (χ2n) is 6.60. The molecule has 0 saturated carbocycles. The van der Waals surface area contributed by atoms with E-state index >= 15 is 0 Å². The van der Waals surface area contributed by atoms with Crippen LogP contribution in [-0.4, -0.2) is 41.3 Å². The van der Waals surface area contributed by atoms with E-state index < -0.39 is 0 Å². The van der Waals surface area contributed by atoms with Crippen molar-refractivity contribution in [3.8, 4) is 11.3 Å². The van der Waals surface area contributed by atoms with Gasteiger partial charge >= 0.3 is 0 Å². The fourth-order valence-electron chi connectivity index (χ4n) is 3.46. The van der Waals surface area contributed by atoms with Gasteiger partial charge in [-0.2, -0.15) is 0 Å². The number of fused-ring (bicyclic) bond motifs is 1. The summed E-state index contributed by atoms with van der Waals surface area (Å²) in [6.45, 7) is 3.06. The van der Waals surface area contributed by atoms with Crippen LogP contribution in [0, 0.1) is 5.92 Å². The normalized spacial score (nSPS) is 20.9. The number of carbonyl (C=O) groups is 1. The third kappa shape index (κ3) is 3.60. The molecule has 2 aliphatic rings. The second kappa shape index (κ2) is 7.37. The van der Waals surface area contributed by atoms with Gasteiger partial charge in [0.25, 0.3) is 0 Å². The van der Waals surface area contributed by atoms with E-state index in [2.05, 4.69) is 27.0 Å². The SMILES string of the molecule is O=C(NC[C@H]1Cn2c(-c3ccccc3)cnc2CO1)C1CCOCC1. The maximum atomic E-state index is 12.3. The molecule has 0 radical (unpaired) electrons. The molecular weight excluding hydrogens is 318 g/mol. The number of rotatable bonds is 4. The van der Waals surface area contributed by atoms with Gasteiger partial charge in [0.15, 0.2) is 0 Å². The van der Waals surface area contributed by atoms with Crippen LogP contribution >= 0.6 is 0 Å². The van der Waals surface area contributed by atoms with E-state index in [1.165, 1.54) is 0 Å². The summed E-state index contributed by atoms with van der Waals surface area (Å²) in [4.78, 5) is 16.8. The highest BCUT2D eigenvalue weighted by Gasteiger charge is 2.25. The Labute approximate surface area is 147 Å². The molecule has 1 amide bonds. The van der Waals surface area contributed by atoms with Crippen molar-refractivity contribution >= 4 is 5.91 Å². The average Bonchev–Trinajstić information content (AvgIpc) is 3.10. The molecule has 2 aromatic rings. The van der Waals surface area contributed by atoms with Gasteiger partial charge in [0.2, 0.25) is 5.91 Å². The molecule has 1 saturated heterocycles. The van der Waals surface area contributed by atoms with Crippen LogP contribution in [0.5, 0.6) is 0 Å². The van der Waals surface area contributed by atoms with Crippen molar-refractivity contribution in [3.05, 3.63) is 42.4 Å². The molecule has 6 heteroatoms. The maximum Gasteiger partial charge on any atom is 0.223 e. The second-order valence-corrected chi connectivity index (χ2v) is 6.60. The first-order valence-electron chi connectivity index (χ1n) is 8.88. The minimum Gasteiger partial charge on any atom is -0.381 e. The van der Waals surface area contributed by atoms with E-state index in [0.717, 1.165) is 29.9 Å². The molecule has 1 aromatic heterocycles. The van der Waals surface area contributed by atoms with Gasteiger partial charge in [-0.15, -0.1) is 0 Å². The summed E-state index contributed by atoms with van der Waals surface area (Å²) in [5, 5.41) is 3.05. The Balaban J connectivity index is 1.39. The lowest BCUT2D eigenvalue weighted by Crippen LogP contribution is -2.42. The number of benzene rings is 1. The molecule has 2 aliphatic heterocycles. The van der Waals surface area contributed by atoms with Gasteiger partial charge in [0.05, 0.1) is 24.5 Å². The van der Waals surface area contributed by atoms with Gasteiger partial charge in [-0.05, 0) is 18.4 Å². The largest absolute Gasteiger partial charge is 0.381 e. The molecule has 0 spiro atoms. The van der Waals surface area contributed by atoms with E-state index in [-0.39, 0.29) is 17.9 Å². The van der Waals surface area contributed by atoms with Crippen LogP contribution in [0.4, 0.5) is 0 Å². The summed E-state index contributed by atoms with van der Waals surface area (Å²) in [5.74, 6) is 1.12. The van der Waals surface area contributed by atoms with Crippen LogP contribution in [0.3, 0.4) is 0 Å². The van der Waals surface area contributed by atoms with Crippen molar-refractivity contribution in [2.75, 3.05) is 19.8 Å². The van der Waals surface area contributed by atoms with Gasteiger partial charge in [-0.25, -0.2) is 4.98 Å². The van der Waals surface area contributed by atoms with Gasteiger partial charge in [-0.1, -0.05) is 30.3 Å². The monoisotopic (exact) mass is 341 g/mol. The van der Waals surface area contributed by atoms with Crippen molar-refractivity contribution in [2.45, 2.75) is 32.1 Å². The Morgan fingerprint density at radius 3 is 2.84 bits per heavy atom. The predicted octanol–water partition coefficient (Wildman–Crippen LogP) is 1.99. The van der Waals surface area contributed by atoms with Crippen LogP contribution in [0.2, 0.25) is 0 Å². The molecule has 0 aliphatic carbocycles. The fraction of sp³-hybridized carbons (Fsp3) is 0.474. The zero-order chi connectivity index (χ0) is 17.1. The van der Waals surface area contributed by atoms with E-state index in [0.29, 0.717) is 32.9 Å². The van der Waals surface area contributed by atoms with Crippen LogP contribution in [0.25, 0.3) is 11.3 Å². The number of amides is 1. The summed E-state index contributed by atoms with van der Waals surface area (Å²) in [7, 11) is 0. The zero-order valence-corrected chi connectivity index (χ0v) is 14.2. The number of imidazole rings is 1. The number of aromatic nitrogens is 2. The fourth-order valence-corrected chi connectivity index (χ4v) is 3.46. The highest BCUT2D eigenvalue weighted by Crippen LogP contribution is 2.24. The van der Waals surface area contributed by atoms with Gasteiger partial charge < -0.3 is 19.4 Å². The minimum atomic E-state index is -0.0343. The molecular formula is C19H23N3O3. The summed E-state index contributed by atoms with van der Waals surface area (Å²) in [5.41, 5.74) is 2.24. The van der Waals surface area contributed by atoms with Crippen molar-refractivity contribution in [1.29, 1.82) is 0 Å². The summed E-state index contributed by atoms with van der Waals surface area (Å²) in [6, 6.07) is 10.2. The van der Waals surface area contributed by atoms with Crippen molar-refractivity contribution in [2.24, 2.45) is 5.92 Å². The molecule has 6 nitrogen and oxygen atoms in total. The van der Waals surface area contributed by atoms with E-state index in [1.54, 1.807) is 0 Å². The van der Waals surface area contributed by atoms with Crippen LogP contribution < -0.4 is 5.32 Å². The number of carbonyl (C=O) groups excluding carboxylic acids is 1. The van der Waals surface area contributed by atoms with E-state index in [4.69, 9.17) is 9.47 Å². The van der Waals surface area contributed by atoms with Crippen LogP contribution in [0.1, 0.15) is 18.7 Å². The van der Waals surface area contributed by atoms with Gasteiger partial charge in [0, 0.05) is 25.7 Å². The minimum absolute atomic E-state index is 0.0343. The Hall–Kier alpha value is -2.18. The summed E-state index contributed by atoms with van der Waals surface area (Å²) >= 11 is 0. The predicted molar refractivity (Wildman–Crippen MR) is 92.8 cm³/mol. The Morgan fingerprint density at radius 1 is 1.24 bits per heavy atom. The number of hydrogen-bond acceptors (Lipinski definition) is 4. The average molecular weight is 341 g/mol. The van der Waals surface area contributed by atoms with Gasteiger partial charge in [-0.3, -0.25) is 4.79 Å². The van der Waals surface area contributed by atoms with Crippen molar-refractivity contribution < 1.29 is 14.3 Å². The van der Waals surface area contributed by atoms with Crippen molar-refractivity contribution in [1.82, 2.24) is 14.9 Å². The highest BCUT2D eigenvalue weighted by atomic mass is 16.5. The quantitative estimate of drug-likeness (QED) is 0.924. The molecule has 1 N–H and O–H groups in total. The van der Waals surface area contributed by atoms with Gasteiger partial charge in [0.1, 0.15) is 12.4 Å². The number of nitrogens with one attached hydrogen (secondary N) is 1. The lowest BCUT2D eigenvalue weighted by molar-refractivity contribution is -0.128. The number of nitrogens with zero attached hydrogens (tertiary/aromatic N) is 2. The topological polar surface area (TPSA) is 65.4 Å². The highest BCUT2D eigenvalue weighted by molar-refractivity contribution is 5.78. The molecule has 1 fully saturated rings.